The summed E-state index contributed by atoms with van der Waals surface area (Å²) in [4.78, 5) is 11.0. The van der Waals surface area contributed by atoms with Crippen molar-refractivity contribution in [1.82, 2.24) is 0 Å². The molecule has 1 aromatic rings. The molecule has 0 spiro atoms. The van der Waals surface area contributed by atoms with Gasteiger partial charge in [-0.05, 0) is 23.8 Å². The second kappa shape index (κ2) is 6.18. The van der Waals surface area contributed by atoms with Crippen molar-refractivity contribution in [3.05, 3.63) is 29.8 Å². The van der Waals surface area contributed by atoms with Gasteiger partial charge in [0.15, 0.2) is 17.3 Å². The van der Waals surface area contributed by atoms with Crippen LogP contribution in [0.2, 0.25) is 0 Å². The lowest BCUT2D eigenvalue weighted by atomic mass is 10.2. The Labute approximate surface area is 99.6 Å². The van der Waals surface area contributed by atoms with E-state index in [0.717, 1.165) is 5.56 Å². The Bertz CT molecular complexity index is 399. The maximum absolute atomic E-state index is 11.0. The third-order valence-corrected chi connectivity index (χ3v) is 2.26. The number of ketones is 1. The number of allylic oxidation sites excluding steroid dienone is 1. The highest BCUT2D eigenvalue weighted by Crippen LogP contribution is 2.27. The fourth-order valence-electron chi connectivity index (χ4n) is 1.19. The van der Waals surface area contributed by atoms with Crippen molar-refractivity contribution >= 4 is 23.5 Å². The van der Waals surface area contributed by atoms with E-state index in [1.165, 1.54) is 6.08 Å². The Kier molecular flexibility index (Phi) is 4.86. The number of carbonyl (C=O) groups is 1. The first-order valence-corrected chi connectivity index (χ1v) is 5.23. The zero-order valence-electron chi connectivity index (χ0n) is 9.20. The van der Waals surface area contributed by atoms with E-state index < -0.39 is 0 Å². The monoisotopic (exact) mass is 240 g/mol. The molecular formula is C12H13ClO3. The first-order chi connectivity index (χ1) is 7.71. The largest absolute Gasteiger partial charge is 0.493 e. The maximum Gasteiger partial charge on any atom is 0.170 e. The van der Waals surface area contributed by atoms with Gasteiger partial charge in [0.2, 0.25) is 0 Å². The summed E-state index contributed by atoms with van der Waals surface area (Å²) in [5, 5.41) is 0. The van der Waals surface area contributed by atoms with E-state index in [9.17, 15) is 4.79 Å². The second-order valence-corrected chi connectivity index (χ2v) is 3.31. The van der Waals surface area contributed by atoms with Gasteiger partial charge >= 0.3 is 0 Å². The molecule has 4 heteroatoms. The Morgan fingerprint density at radius 2 is 2.00 bits per heavy atom. The molecule has 0 N–H and O–H groups in total. The third-order valence-electron chi connectivity index (χ3n) is 2.00. The van der Waals surface area contributed by atoms with Crippen molar-refractivity contribution in [3.8, 4) is 11.5 Å². The molecule has 0 aromatic heterocycles. The molecule has 0 amide bonds. The number of halogens is 1. The summed E-state index contributed by atoms with van der Waals surface area (Å²) in [6.07, 6.45) is 3.13. The first-order valence-electron chi connectivity index (χ1n) is 4.70. The minimum absolute atomic E-state index is 0.0101. The number of ether oxygens (including phenoxy) is 2. The minimum Gasteiger partial charge on any atom is -0.493 e. The number of hydrogen-bond acceptors (Lipinski definition) is 3. The van der Waals surface area contributed by atoms with E-state index in [-0.39, 0.29) is 11.7 Å². The maximum atomic E-state index is 11.0. The van der Waals surface area contributed by atoms with Gasteiger partial charge in [-0.1, -0.05) is 12.1 Å². The molecular weight excluding hydrogens is 228 g/mol. The quantitative estimate of drug-likeness (QED) is 0.586. The molecule has 0 aliphatic carbocycles. The topological polar surface area (TPSA) is 35.5 Å². The lowest BCUT2D eigenvalue weighted by Crippen LogP contribution is -1.93. The van der Waals surface area contributed by atoms with Crippen LogP contribution in [-0.4, -0.2) is 25.9 Å². The van der Waals surface area contributed by atoms with Crippen LogP contribution in [0, 0.1) is 0 Å². The summed E-state index contributed by atoms with van der Waals surface area (Å²) < 4.78 is 10.2. The zero-order chi connectivity index (χ0) is 12.0. The van der Waals surface area contributed by atoms with Gasteiger partial charge in [0.25, 0.3) is 0 Å². The molecule has 16 heavy (non-hydrogen) atoms. The number of hydrogen-bond donors (Lipinski definition) is 0. The molecule has 0 saturated carbocycles. The van der Waals surface area contributed by atoms with Crippen molar-refractivity contribution in [2.75, 3.05) is 20.1 Å². The molecule has 0 fully saturated rings. The van der Waals surface area contributed by atoms with E-state index in [2.05, 4.69) is 0 Å². The van der Waals surface area contributed by atoms with Crippen LogP contribution in [0.1, 0.15) is 5.56 Å². The normalized spacial score (nSPS) is 10.4. The molecule has 0 radical (unpaired) electrons. The van der Waals surface area contributed by atoms with Gasteiger partial charge in [-0.2, -0.15) is 0 Å². The highest BCUT2D eigenvalue weighted by atomic mass is 35.5. The van der Waals surface area contributed by atoms with E-state index in [1.807, 2.05) is 6.07 Å². The number of rotatable bonds is 5. The lowest BCUT2D eigenvalue weighted by Gasteiger charge is -2.07. The average molecular weight is 241 g/mol. The molecule has 0 unspecified atom stereocenters. The number of methoxy groups -OCH3 is 2. The van der Waals surface area contributed by atoms with Crippen LogP contribution < -0.4 is 9.47 Å². The van der Waals surface area contributed by atoms with Gasteiger partial charge in [0.05, 0.1) is 20.1 Å². The fourth-order valence-corrected chi connectivity index (χ4v) is 1.28. The molecule has 0 heterocycles. The molecule has 0 bridgehead atoms. The van der Waals surface area contributed by atoms with Crippen LogP contribution in [0.25, 0.3) is 6.08 Å². The van der Waals surface area contributed by atoms with E-state index >= 15 is 0 Å². The Morgan fingerprint density at radius 1 is 1.31 bits per heavy atom. The van der Waals surface area contributed by atoms with Gasteiger partial charge in [-0.25, -0.2) is 0 Å². The molecule has 0 aliphatic rings. The summed E-state index contributed by atoms with van der Waals surface area (Å²) in [5.41, 5.74) is 0.858. The van der Waals surface area contributed by atoms with Crippen LogP contribution >= 0.6 is 11.6 Å². The van der Waals surface area contributed by atoms with Gasteiger partial charge in [0, 0.05) is 0 Å². The molecule has 86 valence electrons. The van der Waals surface area contributed by atoms with Crippen LogP contribution in [0.15, 0.2) is 24.3 Å². The second-order valence-electron chi connectivity index (χ2n) is 3.05. The van der Waals surface area contributed by atoms with Crippen molar-refractivity contribution in [1.29, 1.82) is 0 Å². The highest BCUT2D eigenvalue weighted by molar-refractivity contribution is 6.29. The summed E-state index contributed by atoms with van der Waals surface area (Å²) in [7, 11) is 3.14. The predicted octanol–water partition coefficient (Wildman–Crippen LogP) is 2.52. The van der Waals surface area contributed by atoms with Crippen molar-refractivity contribution in [2.24, 2.45) is 0 Å². The predicted molar refractivity (Wildman–Crippen MR) is 64.3 cm³/mol. The van der Waals surface area contributed by atoms with Crippen LogP contribution in [-0.2, 0) is 4.79 Å². The Hall–Kier alpha value is -1.48. The van der Waals surface area contributed by atoms with Gasteiger partial charge in [-0.3, -0.25) is 4.79 Å². The smallest absolute Gasteiger partial charge is 0.170 e. The zero-order valence-corrected chi connectivity index (χ0v) is 9.95. The first kappa shape index (κ1) is 12.6. The van der Waals surface area contributed by atoms with E-state index in [0.29, 0.717) is 11.5 Å². The third kappa shape index (κ3) is 3.28. The molecule has 3 nitrogen and oxygen atoms in total. The van der Waals surface area contributed by atoms with E-state index in [1.54, 1.807) is 32.4 Å². The molecule has 0 atom stereocenters. The van der Waals surface area contributed by atoms with Crippen molar-refractivity contribution < 1.29 is 14.3 Å². The van der Waals surface area contributed by atoms with Crippen LogP contribution in [0.3, 0.4) is 0 Å². The van der Waals surface area contributed by atoms with E-state index in [4.69, 9.17) is 21.1 Å². The molecule has 0 aliphatic heterocycles. The lowest BCUT2D eigenvalue weighted by molar-refractivity contribution is -0.112. The summed E-state index contributed by atoms with van der Waals surface area (Å²) in [5.74, 6) is 1.15. The van der Waals surface area contributed by atoms with Crippen LogP contribution in [0.5, 0.6) is 11.5 Å². The van der Waals surface area contributed by atoms with Gasteiger partial charge in [-0.15, -0.1) is 11.6 Å². The molecule has 1 rings (SSSR count). The highest BCUT2D eigenvalue weighted by Gasteiger charge is 2.02. The molecule has 0 saturated heterocycles. The van der Waals surface area contributed by atoms with Crippen molar-refractivity contribution in [2.45, 2.75) is 0 Å². The minimum atomic E-state index is -0.128. The molecule has 1 aromatic carbocycles. The summed E-state index contributed by atoms with van der Waals surface area (Å²) in [6, 6.07) is 5.40. The SMILES string of the molecule is COc1ccc(C=CC(=O)CCl)cc1OC. The number of carbonyl (C=O) groups excluding carboxylic acids is 1. The Morgan fingerprint density at radius 3 is 2.56 bits per heavy atom. The fraction of sp³-hybridized carbons (Fsp3) is 0.250. The summed E-state index contributed by atoms with van der Waals surface area (Å²) in [6.45, 7) is 0. The van der Waals surface area contributed by atoms with Crippen LogP contribution in [0.4, 0.5) is 0 Å². The van der Waals surface area contributed by atoms with Gasteiger partial charge < -0.3 is 9.47 Å². The average Bonchev–Trinajstić information content (AvgIpc) is 2.35. The van der Waals surface area contributed by atoms with Gasteiger partial charge in [0.1, 0.15) is 0 Å². The summed E-state index contributed by atoms with van der Waals surface area (Å²) >= 11 is 5.38. The Balaban J connectivity index is 2.91. The number of benzene rings is 1. The standard InChI is InChI=1S/C12H13ClO3/c1-15-11-6-4-9(7-12(11)16-2)3-5-10(14)8-13/h3-7H,8H2,1-2H3. The van der Waals surface area contributed by atoms with Crippen molar-refractivity contribution in [3.63, 3.8) is 0 Å². The number of alkyl halides is 1.